The van der Waals surface area contributed by atoms with Crippen LogP contribution >= 0.6 is 11.3 Å². The molecule has 2 heterocycles. The van der Waals surface area contributed by atoms with Crippen molar-refractivity contribution in [2.45, 2.75) is 20.3 Å². The Bertz CT molecular complexity index is 838. The van der Waals surface area contributed by atoms with Gasteiger partial charge in [-0.15, -0.1) is 0 Å². The first-order chi connectivity index (χ1) is 10.6. The summed E-state index contributed by atoms with van der Waals surface area (Å²) in [5.41, 5.74) is 1.39. The van der Waals surface area contributed by atoms with E-state index < -0.39 is 0 Å². The zero-order valence-electron chi connectivity index (χ0n) is 12.5. The highest BCUT2D eigenvalue weighted by Crippen LogP contribution is 2.29. The lowest BCUT2D eigenvalue weighted by Gasteiger charge is -1.97. The van der Waals surface area contributed by atoms with Crippen LogP contribution in [0.15, 0.2) is 22.6 Å². The molecule has 3 rings (SSSR count). The van der Waals surface area contributed by atoms with Crippen LogP contribution in [0.5, 0.6) is 5.75 Å². The van der Waals surface area contributed by atoms with Gasteiger partial charge in [0.05, 0.1) is 23.0 Å². The summed E-state index contributed by atoms with van der Waals surface area (Å²) >= 11 is 1.38. The molecule has 0 aliphatic rings. The number of hydrogen-bond donors (Lipinski definition) is 1. The van der Waals surface area contributed by atoms with Crippen molar-refractivity contribution < 1.29 is 13.9 Å². The largest absolute Gasteiger partial charge is 0.497 e. The molecule has 1 amide bonds. The molecular weight excluding hydrogens is 302 g/mol. The summed E-state index contributed by atoms with van der Waals surface area (Å²) < 4.78 is 11.6. The number of benzene rings is 1. The van der Waals surface area contributed by atoms with Crippen molar-refractivity contribution in [3.05, 3.63) is 35.5 Å². The first-order valence-corrected chi connectivity index (χ1v) is 7.64. The number of rotatable bonds is 4. The number of aromatic nitrogens is 2. The minimum atomic E-state index is -0.337. The SMILES string of the molecule is CCc1nc(C)c(C(=O)Nc2nc3ccc(OC)cc3s2)o1. The fraction of sp³-hybridized carbons (Fsp3) is 0.267. The molecule has 0 aliphatic heterocycles. The van der Waals surface area contributed by atoms with Crippen LogP contribution in [-0.2, 0) is 6.42 Å². The van der Waals surface area contributed by atoms with Crippen molar-refractivity contribution in [1.82, 2.24) is 9.97 Å². The van der Waals surface area contributed by atoms with Crippen LogP contribution in [0, 0.1) is 6.92 Å². The Hall–Kier alpha value is -2.41. The van der Waals surface area contributed by atoms with Gasteiger partial charge in [0.25, 0.3) is 5.91 Å². The summed E-state index contributed by atoms with van der Waals surface area (Å²) in [6.45, 7) is 3.68. The Labute approximate surface area is 131 Å². The van der Waals surface area contributed by atoms with Gasteiger partial charge < -0.3 is 9.15 Å². The number of methoxy groups -OCH3 is 1. The standard InChI is InChI=1S/C15H15N3O3S/c1-4-12-16-8(2)13(21-12)14(19)18-15-17-10-6-5-9(20-3)7-11(10)22-15/h5-7H,4H2,1-3H3,(H,17,18,19). The minimum Gasteiger partial charge on any atom is -0.497 e. The Morgan fingerprint density at radius 1 is 1.41 bits per heavy atom. The maximum absolute atomic E-state index is 12.3. The number of aryl methyl sites for hydroxylation is 2. The van der Waals surface area contributed by atoms with Crippen molar-refractivity contribution >= 4 is 32.6 Å². The lowest BCUT2D eigenvalue weighted by molar-refractivity contribution is 0.0994. The van der Waals surface area contributed by atoms with E-state index in [2.05, 4.69) is 15.3 Å². The van der Waals surface area contributed by atoms with E-state index in [1.807, 2.05) is 25.1 Å². The molecule has 0 bridgehead atoms. The first-order valence-electron chi connectivity index (χ1n) is 6.83. The fourth-order valence-electron chi connectivity index (χ4n) is 2.05. The molecule has 0 aliphatic carbocycles. The summed E-state index contributed by atoms with van der Waals surface area (Å²) in [7, 11) is 1.61. The molecule has 0 atom stereocenters. The summed E-state index contributed by atoms with van der Waals surface area (Å²) in [6.07, 6.45) is 0.648. The van der Waals surface area contributed by atoms with Crippen LogP contribution in [0.1, 0.15) is 29.1 Å². The van der Waals surface area contributed by atoms with E-state index in [1.165, 1.54) is 11.3 Å². The second-order valence-corrected chi connectivity index (χ2v) is 5.71. The van der Waals surface area contributed by atoms with Gasteiger partial charge in [0.1, 0.15) is 5.75 Å². The summed E-state index contributed by atoms with van der Waals surface area (Å²) in [6, 6.07) is 5.58. The van der Waals surface area contributed by atoms with Gasteiger partial charge in [0.15, 0.2) is 11.0 Å². The van der Waals surface area contributed by atoms with Crippen molar-refractivity contribution in [2.75, 3.05) is 12.4 Å². The quantitative estimate of drug-likeness (QED) is 0.798. The number of amides is 1. The summed E-state index contributed by atoms with van der Waals surface area (Å²) in [4.78, 5) is 20.8. The third-order valence-electron chi connectivity index (χ3n) is 3.17. The van der Waals surface area contributed by atoms with Gasteiger partial charge in [0, 0.05) is 6.42 Å². The van der Waals surface area contributed by atoms with E-state index in [0.29, 0.717) is 23.1 Å². The molecule has 0 saturated heterocycles. The summed E-state index contributed by atoms with van der Waals surface area (Å²) in [5.74, 6) is 1.20. The Kier molecular flexibility index (Phi) is 3.81. The number of carbonyl (C=O) groups is 1. The molecule has 0 radical (unpaired) electrons. The molecule has 114 valence electrons. The van der Waals surface area contributed by atoms with Crippen LogP contribution in [0.4, 0.5) is 5.13 Å². The highest BCUT2D eigenvalue weighted by Gasteiger charge is 2.18. The van der Waals surface area contributed by atoms with Crippen molar-refractivity contribution in [1.29, 1.82) is 0 Å². The van der Waals surface area contributed by atoms with Gasteiger partial charge in [-0.2, -0.15) is 0 Å². The van der Waals surface area contributed by atoms with E-state index >= 15 is 0 Å². The molecule has 0 saturated carbocycles. The van der Waals surface area contributed by atoms with E-state index in [4.69, 9.17) is 9.15 Å². The van der Waals surface area contributed by atoms with E-state index in [-0.39, 0.29) is 11.7 Å². The minimum absolute atomic E-state index is 0.230. The zero-order valence-corrected chi connectivity index (χ0v) is 13.3. The highest BCUT2D eigenvalue weighted by atomic mass is 32.1. The molecule has 2 aromatic heterocycles. The van der Waals surface area contributed by atoms with Gasteiger partial charge in [-0.1, -0.05) is 18.3 Å². The van der Waals surface area contributed by atoms with Crippen LogP contribution in [0.25, 0.3) is 10.2 Å². The molecule has 22 heavy (non-hydrogen) atoms. The normalized spacial score (nSPS) is 10.9. The number of hydrogen-bond acceptors (Lipinski definition) is 6. The average molecular weight is 317 g/mol. The van der Waals surface area contributed by atoms with E-state index in [0.717, 1.165) is 16.0 Å². The monoisotopic (exact) mass is 317 g/mol. The van der Waals surface area contributed by atoms with Crippen molar-refractivity contribution in [3.8, 4) is 5.75 Å². The number of nitrogens with zero attached hydrogens (tertiary/aromatic N) is 2. The molecule has 1 N–H and O–H groups in total. The Balaban J connectivity index is 1.85. The number of anilines is 1. The molecule has 0 fully saturated rings. The summed E-state index contributed by atoms with van der Waals surface area (Å²) in [5, 5.41) is 3.27. The maximum Gasteiger partial charge on any atom is 0.295 e. The van der Waals surface area contributed by atoms with Gasteiger partial charge in [-0.05, 0) is 25.1 Å². The van der Waals surface area contributed by atoms with Gasteiger partial charge in [0.2, 0.25) is 5.76 Å². The zero-order chi connectivity index (χ0) is 15.7. The second-order valence-electron chi connectivity index (χ2n) is 4.68. The van der Waals surface area contributed by atoms with Crippen LogP contribution in [0.3, 0.4) is 0 Å². The van der Waals surface area contributed by atoms with Gasteiger partial charge in [-0.3, -0.25) is 10.1 Å². The predicted molar refractivity (Wildman–Crippen MR) is 84.7 cm³/mol. The van der Waals surface area contributed by atoms with Crippen LogP contribution < -0.4 is 10.1 Å². The van der Waals surface area contributed by atoms with Crippen molar-refractivity contribution in [3.63, 3.8) is 0 Å². The lowest BCUT2D eigenvalue weighted by Crippen LogP contribution is -2.11. The third kappa shape index (κ3) is 2.67. The number of oxazole rings is 1. The molecular formula is C15H15N3O3S. The van der Waals surface area contributed by atoms with Crippen LogP contribution in [-0.4, -0.2) is 23.0 Å². The second kappa shape index (κ2) is 5.76. The fourth-order valence-corrected chi connectivity index (χ4v) is 2.94. The Morgan fingerprint density at radius 3 is 2.91 bits per heavy atom. The molecule has 6 nitrogen and oxygen atoms in total. The maximum atomic E-state index is 12.3. The molecule has 3 aromatic rings. The number of fused-ring (bicyclic) bond motifs is 1. The molecule has 0 spiro atoms. The molecule has 1 aromatic carbocycles. The average Bonchev–Trinajstić information content (AvgIpc) is 3.08. The molecule has 0 unspecified atom stereocenters. The number of ether oxygens (including phenoxy) is 1. The van der Waals surface area contributed by atoms with Gasteiger partial charge in [-0.25, -0.2) is 9.97 Å². The lowest BCUT2D eigenvalue weighted by atomic mass is 10.3. The highest BCUT2D eigenvalue weighted by molar-refractivity contribution is 7.22. The van der Waals surface area contributed by atoms with Gasteiger partial charge >= 0.3 is 0 Å². The van der Waals surface area contributed by atoms with E-state index in [1.54, 1.807) is 14.0 Å². The predicted octanol–water partition coefficient (Wildman–Crippen LogP) is 3.42. The third-order valence-corrected chi connectivity index (χ3v) is 4.10. The molecule has 7 heteroatoms. The van der Waals surface area contributed by atoms with E-state index in [9.17, 15) is 4.79 Å². The Morgan fingerprint density at radius 2 is 2.23 bits per heavy atom. The number of thiazole rings is 1. The number of carbonyl (C=O) groups excluding carboxylic acids is 1. The van der Waals surface area contributed by atoms with Crippen molar-refractivity contribution in [2.24, 2.45) is 0 Å². The smallest absolute Gasteiger partial charge is 0.295 e. The van der Waals surface area contributed by atoms with Crippen LogP contribution in [0.2, 0.25) is 0 Å². The first kappa shape index (κ1) is 14.5. The topological polar surface area (TPSA) is 77.2 Å². The number of nitrogens with one attached hydrogen (secondary N) is 1.